The van der Waals surface area contributed by atoms with E-state index in [0.29, 0.717) is 5.57 Å². The predicted molar refractivity (Wildman–Crippen MR) is 52.2 cm³/mol. The number of rotatable bonds is 6. The average Bonchev–Trinajstić information content (AvgIpc) is 2.13. The molecule has 1 atom stereocenters. The lowest BCUT2D eigenvalue weighted by molar-refractivity contribution is -0.121. The van der Waals surface area contributed by atoms with E-state index in [9.17, 15) is 9.59 Å². The first kappa shape index (κ1) is 12.8. The van der Waals surface area contributed by atoms with E-state index in [-0.39, 0.29) is 24.8 Å². The molecular weight excluding hydrogens is 184 g/mol. The Balaban J connectivity index is 3.75. The van der Waals surface area contributed by atoms with Gasteiger partial charge in [-0.25, -0.2) is 0 Å². The molecular formula is C9H15N2O3. The van der Waals surface area contributed by atoms with Crippen LogP contribution in [0.4, 0.5) is 0 Å². The van der Waals surface area contributed by atoms with Crippen LogP contribution in [0.15, 0.2) is 12.2 Å². The Bertz CT molecular complexity index is 238. The summed E-state index contributed by atoms with van der Waals surface area (Å²) in [6, 6.07) is 0. The van der Waals surface area contributed by atoms with Crippen molar-refractivity contribution >= 4 is 11.7 Å². The summed E-state index contributed by atoms with van der Waals surface area (Å²) < 4.78 is 0. The monoisotopic (exact) mass is 199 g/mol. The van der Waals surface area contributed by atoms with Crippen LogP contribution in [0.5, 0.6) is 0 Å². The van der Waals surface area contributed by atoms with Crippen LogP contribution in [0.3, 0.4) is 0 Å². The second-order valence-electron chi connectivity index (χ2n) is 2.90. The Kier molecular flexibility index (Phi) is 5.74. The molecule has 14 heavy (non-hydrogen) atoms. The zero-order valence-corrected chi connectivity index (χ0v) is 8.12. The van der Waals surface area contributed by atoms with Gasteiger partial charge in [-0.15, -0.1) is 0 Å². The molecule has 0 aromatic rings. The van der Waals surface area contributed by atoms with Gasteiger partial charge >= 0.3 is 0 Å². The highest BCUT2D eigenvalue weighted by Crippen LogP contribution is 1.90. The topological polar surface area (TPSA) is 92.4 Å². The average molecular weight is 199 g/mol. The van der Waals surface area contributed by atoms with Crippen molar-refractivity contribution in [2.24, 2.45) is 5.73 Å². The second-order valence-corrected chi connectivity index (χ2v) is 2.90. The Morgan fingerprint density at radius 2 is 2.21 bits per heavy atom. The molecule has 0 rings (SSSR count). The van der Waals surface area contributed by atoms with Crippen LogP contribution in [0.1, 0.15) is 6.92 Å². The molecule has 0 saturated carbocycles. The highest BCUT2D eigenvalue weighted by Gasteiger charge is 2.10. The molecule has 4 N–H and O–H groups in total. The summed E-state index contributed by atoms with van der Waals surface area (Å²) >= 11 is 0. The minimum Gasteiger partial charge on any atom is -0.391 e. The SMILES string of the molecule is C=C(C)C(=O)NCC(=O)[CH]C(O)CN. The number of Topliss-reactive ketones (excluding diaryl/α,β-unsaturated/α-hetero) is 1. The number of hydrogen-bond acceptors (Lipinski definition) is 4. The number of nitrogens with one attached hydrogen (secondary N) is 1. The summed E-state index contributed by atoms with van der Waals surface area (Å²) in [6.45, 7) is 4.78. The van der Waals surface area contributed by atoms with Crippen LogP contribution < -0.4 is 11.1 Å². The van der Waals surface area contributed by atoms with Crippen molar-refractivity contribution in [2.75, 3.05) is 13.1 Å². The Morgan fingerprint density at radius 1 is 1.64 bits per heavy atom. The maximum absolute atomic E-state index is 11.0. The maximum atomic E-state index is 11.0. The van der Waals surface area contributed by atoms with E-state index < -0.39 is 6.10 Å². The van der Waals surface area contributed by atoms with Gasteiger partial charge in [-0.3, -0.25) is 9.59 Å². The molecule has 0 heterocycles. The van der Waals surface area contributed by atoms with E-state index in [1.165, 1.54) is 6.92 Å². The lowest BCUT2D eigenvalue weighted by atomic mass is 10.2. The summed E-state index contributed by atoms with van der Waals surface area (Å²) in [7, 11) is 0. The quantitative estimate of drug-likeness (QED) is 0.467. The van der Waals surface area contributed by atoms with Crippen molar-refractivity contribution in [1.29, 1.82) is 0 Å². The number of carbonyl (C=O) groups is 2. The van der Waals surface area contributed by atoms with E-state index in [1.54, 1.807) is 0 Å². The first-order valence-electron chi connectivity index (χ1n) is 4.17. The fourth-order valence-corrected chi connectivity index (χ4v) is 0.660. The number of ketones is 1. The van der Waals surface area contributed by atoms with Gasteiger partial charge in [0, 0.05) is 12.1 Å². The molecule has 1 amide bonds. The summed E-state index contributed by atoms with van der Waals surface area (Å²) in [6.07, 6.45) is 0.114. The minimum atomic E-state index is -0.954. The summed E-state index contributed by atoms with van der Waals surface area (Å²) in [5, 5.41) is 11.3. The van der Waals surface area contributed by atoms with Crippen LogP contribution in [0, 0.1) is 6.42 Å². The fraction of sp³-hybridized carbons (Fsp3) is 0.444. The van der Waals surface area contributed by atoms with Crippen molar-refractivity contribution in [3.63, 3.8) is 0 Å². The van der Waals surface area contributed by atoms with E-state index in [2.05, 4.69) is 11.9 Å². The van der Waals surface area contributed by atoms with E-state index in [4.69, 9.17) is 10.8 Å². The van der Waals surface area contributed by atoms with Crippen molar-refractivity contribution in [3.05, 3.63) is 18.6 Å². The predicted octanol–water partition coefficient (Wildman–Crippen LogP) is -1.23. The third-order valence-electron chi connectivity index (χ3n) is 1.43. The first-order chi connectivity index (χ1) is 6.47. The summed E-state index contributed by atoms with van der Waals surface area (Å²) in [5.74, 6) is -0.758. The van der Waals surface area contributed by atoms with Gasteiger partial charge in [0.1, 0.15) is 0 Å². The molecule has 0 aliphatic heterocycles. The highest BCUT2D eigenvalue weighted by atomic mass is 16.3. The van der Waals surface area contributed by atoms with Gasteiger partial charge in [-0.05, 0) is 6.92 Å². The number of aliphatic hydroxyl groups is 1. The molecule has 0 aliphatic carbocycles. The number of aliphatic hydroxyl groups excluding tert-OH is 1. The smallest absolute Gasteiger partial charge is 0.246 e. The standard InChI is InChI=1S/C9H15N2O3/c1-6(2)9(14)11-5-8(13)3-7(12)4-10/h3,7,12H,1,4-5,10H2,2H3,(H,11,14). The molecule has 1 unspecified atom stereocenters. The third kappa shape index (κ3) is 5.45. The van der Waals surface area contributed by atoms with Gasteiger partial charge in [0.15, 0.2) is 5.78 Å². The zero-order valence-electron chi connectivity index (χ0n) is 8.12. The van der Waals surface area contributed by atoms with Gasteiger partial charge in [0.25, 0.3) is 0 Å². The van der Waals surface area contributed by atoms with Crippen LogP contribution in [0.2, 0.25) is 0 Å². The molecule has 5 heteroatoms. The van der Waals surface area contributed by atoms with Crippen molar-refractivity contribution in [2.45, 2.75) is 13.0 Å². The largest absolute Gasteiger partial charge is 0.391 e. The van der Waals surface area contributed by atoms with Crippen LogP contribution in [0.25, 0.3) is 0 Å². The number of nitrogens with two attached hydrogens (primary N) is 1. The second kappa shape index (κ2) is 6.28. The molecule has 0 saturated heterocycles. The molecule has 1 radical (unpaired) electrons. The highest BCUT2D eigenvalue weighted by molar-refractivity contribution is 5.97. The lowest BCUT2D eigenvalue weighted by Gasteiger charge is -2.06. The van der Waals surface area contributed by atoms with Gasteiger partial charge < -0.3 is 16.2 Å². The summed E-state index contributed by atoms with van der Waals surface area (Å²) in [4.78, 5) is 22.0. The fourth-order valence-electron chi connectivity index (χ4n) is 0.660. The van der Waals surface area contributed by atoms with Crippen molar-refractivity contribution in [1.82, 2.24) is 5.32 Å². The molecule has 0 bridgehead atoms. The molecule has 5 nitrogen and oxygen atoms in total. The van der Waals surface area contributed by atoms with E-state index in [1.807, 2.05) is 0 Å². The lowest BCUT2D eigenvalue weighted by Crippen LogP contribution is -2.33. The van der Waals surface area contributed by atoms with Crippen LogP contribution in [-0.4, -0.2) is 36.0 Å². The van der Waals surface area contributed by atoms with Gasteiger partial charge in [-0.1, -0.05) is 6.58 Å². The Morgan fingerprint density at radius 3 is 2.64 bits per heavy atom. The van der Waals surface area contributed by atoms with Gasteiger partial charge in [0.2, 0.25) is 5.91 Å². The van der Waals surface area contributed by atoms with Crippen molar-refractivity contribution < 1.29 is 14.7 Å². The van der Waals surface area contributed by atoms with Gasteiger partial charge in [-0.2, -0.15) is 0 Å². The molecule has 79 valence electrons. The maximum Gasteiger partial charge on any atom is 0.246 e. The molecule has 0 fully saturated rings. The van der Waals surface area contributed by atoms with E-state index in [0.717, 1.165) is 6.42 Å². The molecule has 0 aromatic heterocycles. The zero-order chi connectivity index (χ0) is 11.1. The first-order valence-corrected chi connectivity index (χ1v) is 4.17. The normalized spacial score (nSPS) is 11.9. The van der Waals surface area contributed by atoms with Gasteiger partial charge in [0.05, 0.1) is 19.1 Å². The molecule has 0 spiro atoms. The Hall–Kier alpha value is -1.20. The number of carbonyl (C=O) groups excluding carboxylic acids is 2. The van der Waals surface area contributed by atoms with Crippen molar-refractivity contribution in [3.8, 4) is 0 Å². The molecule has 0 aromatic carbocycles. The number of hydrogen-bond donors (Lipinski definition) is 3. The van der Waals surface area contributed by atoms with Crippen LogP contribution in [-0.2, 0) is 9.59 Å². The minimum absolute atomic E-state index is 0.0137. The third-order valence-corrected chi connectivity index (χ3v) is 1.43. The Labute approximate surface area is 83.0 Å². The van der Waals surface area contributed by atoms with E-state index >= 15 is 0 Å². The number of amides is 1. The molecule has 0 aliphatic rings. The summed E-state index contributed by atoms with van der Waals surface area (Å²) in [5.41, 5.74) is 5.42. The van der Waals surface area contributed by atoms with Crippen LogP contribution >= 0.6 is 0 Å².